The van der Waals surface area contributed by atoms with E-state index in [0.29, 0.717) is 49.2 Å². The van der Waals surface area contributed by atoms with Gasteiger partial charge in [-0.15, -0.1) is 12.4 Å². The highest BCUT2D eigenvalue weighted by Crippen LogP contribution is 2.68. The van der Waals surface area contributed by atoms with Crippen LogP contribution in [0.15, 0.2) is 83.0 Å². The molecule has 476 valence electrons. The second-order valence-corrected chi connectivity index (χ2v) is 33.5. The summed E-state index contributed by atoms with van der Waals surface area (Å²) in [5.74, 6) is -4.77. The van der Waals surface area contributed by atoms with Gasteiger partial charge in [-0.1, -0.05) is 67.4 Å². The van der Waals surface area contributed by atoms with Crippen molar-refractivity contribution in [3.8, 4) is 0 Å². The number of nitrogens with two attached hydrogens (primary N) is 1. The molecule has 10 atom stereocenters. The third-order valence-electron chi connectivity index (χ3n) is 16.4. The summed E-state index contributed by atoms with van der Waals surface area (Å²) in [5.41, 5.74) is 4.31. The second kappa shape index (κ2) is 27.4. The van der Waals surface area contributed by atoms with Gasteiger partial charge >= 0.3 is 12.1 Å². The molecular formula is C63H73ClF6N10O6S2Si. The number of aromatic nitrogens is 2. The highest BCUT2D eigenvalue weighted by atomic mass is 35.5. The fourth-order valence-electron chi connectivity index (χ4n) is 11.1. The van der Waals surface area contributed by atoms with Crippen molar-refractivity contribution in [1.82, 2.24) is 25.1 Å². The van der Waals surface area contributed by atoms with E-state index < -0.39 is 93.9 Å². The molecule has 0 spiro atoms. The van der Waals surface area contributed by atoms with E-state index in [2.05, 4.69) is 49.6 Å². The molecule has 2 aliphatic carbocycles. The third-order valence-corrected chi connectivity index (χ3v) is 20.9. The molecular weight excluding hydrogens is 1230 g/mol. The van der Waals surface area contributed by atoms with E-state index in [1.54, 1.807) is 46.4 Å². The molecule has 10 rings (SSSR count). The van der Waals surface area contributed by atoms with E-state index in [1.807, 2.05) is 6.92 Å². The molecule has 6 heterocycles. The van der Waals surface area contributed by atoms with Crippen molar-refractivity contribution in [2.24, 2.45) is 27.6 Å². The number of hydrogen-bond donors (Lipinski definition) is 3. The number of rotatable bonds is 13. The predicted molar refractivity (Wildman–Crippen MR) is 342 cm³/mol. The van der Waals surface area contributed by atoms with Gasteiger partial charge in [0.1, 0.15) is 57.5 Å². The van der Waals surface area contributed by atoms with Gasteiger partial charge in [-0.3, -0.25) is 29.5 Å². The number of halogens is 7. The standard InChI is InChI=1S/C32H38F2N4O5SSi.C26H24F3N5OS.C5H10FN.ClH/c1-30(2,3)43-29(41)38(19-42-13-14-45(6,7)8)28-37-31(4,26-17-32(26,44-28)27(39)40)22-15-20(9-11-23(22)33)16-24(34)25-12-10-21(35-5)18-36-25;1-14-18(27)8-9-34(14)23(35)26-12-22(26)25(2,33-24(30)36-26)17-10-15(4-6-19(17)28)11-20(29)21-7-5-16(31-3)13-32-21;1-4-5(6)2-3-7-4;/h9-12,15-16,18,26H,13-14,17,19H2,1-4,6-8H3,(H,39,40);4-7,10-11,13-14,18,22H,8-9,12H2,1-2H3,(H2,30,33);4-5,7H,2-3H2,1H3;1H/b24-16-;20-11-;;/t26-,31+,32-;14-,18-,22-,25+,26-;4-,5-;/m000./s1. The number of carbonyl (C=O) groups excluding carboxylic acids is 2. The van der Waals surface area contributed by atoms with Gasteiger partial charge in [0.15, 0.2) is 10.3 Å². The summed E-state index contributed by atoms with van der Waals surface area (Å²) in [6.45, 7) is 34.1. The third kappa shape index (κ3) is 15.5. The molecule has 2 amide bonds. The predicted octanol–water partition coefficient (Wildman–Crippen LogP) is 14.3. The number of hydrogen-bond acceptors (Lipinski definition) is 13. The van der Waals surface area contributed by atoms with Crippen LogP contribution in [0.2, 0.25) is 25.7 Å². The molecule has 0 unspecified atom stereocenters. The van der Waals surface area contributed by atoms with E-state index >= 15 is 13.2 Å². The average Bonchev–Trinajstić information content (AvgIpc) is 1.54. The summed E-state index contributed by atoms with van der Waals surface area (Å²) in [7, 11) is -1.44. The molecule has 6 aliphatic rings. The number of fused-ring (bicyclic) bond motifs is 2. The average molecular weight is 1310 g/mol. The number of likely N-dealkylation sites (tertiary alicyclic amines) is 1. The normalized spacial score (nSPS) is 27.6. The maximum absolute atomic E-state index is 15.6. The van der Waals surface area contributed by atoms with Gasteiger partial charge in [-0.25, -0.2) is 45.7 Å². The number of ether oxygens (including phenoxy) is 2. The van der Waals surface area contributed by atoms with Crippen LogP contribution in [0.25, 0.3) is 33.5 Å². The molecule has 4 aromatic rings. The monoisotopic (exact) mass is 1310 g/mol. The molecule has 2 saturated heterocycles. The van der Waals surface area contributed by atoms with Crippen LogP contribution < -0.4 is 11.1 Å². The zero-order chi connectivity index (χ0) is 64.5. The lowest BCUT2D eigenvalue weighted by molar-refractivity contribution is -0.137. The Bertz CT molecular complexity index is 3540. The number of aliphatic carboxylic acids is 1. The number of carbonyl (C=O) groups is 3. The summed E-state index contributed by atoms with van der Waals surface area (Å²) in [6, 6.07) is 14.3. The fraction of sp³-hybridized carbons (Fsp3) is 0.476. The molecule has 0 bridgehead atoms. The Kier molecular flexibility index (Phi) is 21.5. The number of amides is 2. The minimum atomic E-state index is -1.44. The highest BCUT2D eigenvalue weighted by molar-refractivity contribution is 8.16. The lowest BCUT2D eigenvalue weighted by Gasteiger charge is -2.37. The number of nitrogens with one attached hydrogen (secondary N) is 1. The first-order chi connectivity index (χ1) is 41.3. The van der Waals surface area contributed by atoms with Crippen molar-refractivity contribution in [3.63, 3.8) is 0 Å². The minimum absolute atomic E-state index is 0. The number of benzene rings is 2. The topological polar surface area (TPSA) is 194 Å². The summed E-state index contributed by atoms with van der Waals surface area (Å²) in [6.07, 6.45) is 4.12. The Morgan fingerprint density at radius 1 is 0.831 bits per heavy atom. The number of carboxylic acids is 1. The lowest BCUT2D eigenvalue weighted by Crippen LogP contribution is -2.48. The van der Waals surface area contributed by atoms with Gasteiger partial charge in [-0.2, -0.15) is 0 Å². The highest BCUT2D eigenvalue weighted by Gasteiger charge is 2.73. The van der Waals surface area contributed by atoms with Crippen LogP contribution in [-0.4, -0.2) is 127 Å². The first-order valence-electron chi connectivity index (χ1n) is 28.8. The van der Waals surface area contributed by atoms with Crippen molar-refractivity contribution in [1.29, 1.82) is 0 Å². The minimum Gasteiger partial charge on any atom is -0.480 e. The summed E-state index contributed by atoms with van der Waals surface area (Å²) >= 11 is 2.11. The molecule has 2 aromatic heterocycles. The Hall–Kier alpha value is -6.74. The van der Waals surface area contributed by atoms with E-state index in [-0.39, 0.29) is 82.0 Å². The Labute approximate surface area is 530 Å². The quantitative estimate of drug-likeness (QED) is 0.0378. The molecule has 2 aromatic carbocycles. The summed E-state index contributed by atoms with van der Waals surface area (Å²) in [5, 5.41) is 13.5. The van der Waals surface area contributed by atoms with Crippen LogP contribution in [0, 0.1) is 36.6 Å². The Morgan fingerprint density at radius 3 is 1.79 bits per heavy atom. The van der Waals surface area contributed by atoms with Crippen molar-refractivity contribution in [2.75, 3.05) is 26.4 Å². The van der Waals surface area contributed by atoms with Crippen LogP contribution >= 0.6 is 35.9 Å². The van der Waals surface area contributed by atoms with Crippen LogP contribution in [0.4, 0.5) is 42.5 Å². The van der Waals surface area contributed by atoms with Gasteiger partial charge in [-0.05, 0) is 146 Å². The molecule has 4 N–H and O–H groups in total. The second-order valence-electron chi connectivity index (χ2n) is 25.3. The number of thioether (sulfide) groups is 2. The van der Waals surface area contributed by atoms with Gasteiger partial charge in [0.2, 0.25) is 17.3 Å². The van der Waals surface area contributed by atoms with Crippen LogP contribution in [0.1, 0.15) is 108 Å². The van der Waals surface area contributed by atoms with E-state index in [0.717, 1.165) is 24.4 Å². The smallest absolute Gasteiger partial charge is 0.418 e. The molecule has 4 fully saturated rings. The van der Waals surface area contributed by atoms with Crippen molar-refractivity contribution >= 4 is 107 Å². The van der Waals surface area contributed by atoms with Crippen molar-refractivity contribution in [3.05, 3.63) is 141 Å². The number of amidine groups is 2. The number of nitrogens with zero attached hydrogens (tertiary/aromatic N) is 8. The van der Waals surface area contributed by atoms with Crippen LogP contribution in [-0.2, 0) is 30.1 Å². The first-order valence-corrected chi connectivity index (χ1v) is 34.1. The van der Waals surface area contributed by atoms with Crippen LogP contribution in [0.3, 0.4) is 0 Å². The molecule has 89 heavy (non-hydrogen) atoms. The van der Waals surface area contributed by atoms with Crippen molar-refractivity contribution < 1.29 is 55.3 Å². The maximum Gasteiger partial charge on any atom is 0.418 e. The van der Waals surface area contributed by atoms with Gasteiger partial charge in [0.25, 0.3) is 0 Å². The van der Waals surface area contributed by atoms with Crippen LogP contribution in [0.5, 0.6) is 0 Å². The molecule has 4 aliphatic heterocycles. The maximum atomic E-state index is 15.6. The largest absolute Gasteiger partial charge is 0.480 e. The zero-order valence-electron chi connectivity index (χ0n) is 51.0. The number of carboxylic acid groups (broad SMARTS) is 1. The Balaban J connectivity index is 0.000000229. The Morgan fingerprint density at radius 2 is 1.36 bits per heavy atom. The van der Waals surface area contributed by atoms with Crippen molar-refractivity contribution in [2.45, 2.75) is 150 Å². The summed E-state index contributed by atoms with van der Waals surface area (Å²) < 4.78 is 96.5. The number of alkyl halides is 2. The first kappa shape index (κ1) is 69.7. The molecule has 26 heteroatoms. The van der Waals surface area contributed by atoms with Gasteiger partial charge in [0.05, 0.1) is 41.7 Å². The van der Waals surface area contributed by atoms with Gasteiger partial charge in [0, 0.05) is 62.6 Å². The molecule has 16 nitrogen and oxygen atoms in total. The summed E-state index contributed by atoms with van der Waals surface area (Å²) in [4.78, 5) is 66.2. The SMILES string of the molecule is C[C@@H]1NCC[C@@H]1F.Cl.[C-]#[N+]c1ccc(/C(F)=C/c2ccc(F)c([C@@]3(C)N=C(N(COCC[Si](C)(C)C)C(=O)OC(C)(C)C)S[C@@]4(C(=O)O)C[C@H]43)c2)nc1.[C-]#[N+]c1ccc(/C(F)=C/c2ccc(F)c([C@@]3(C)N=C(N)S[C@@]4(C(=O)N5CC[C@H](F)[C@@H]5C)C[C@H]43)c2)nc1. The molecule has 2 saturated carbocycles. The van der Waals surface area contributed by atoms with E-state index in [1.165, 1.54) is 102 Å². The fourth-order valence-corrected chi connectivity index (χ4v) is 14.8. The van der Waals surface area contributed by atoms with E-state index in [9.17, 15) is 32.7 Å². The number of pyridine rings is 2. The zero-order valence-corrected chi connectivity index (χ0v) is 54.5. The molecule has 0 radical (unpaired) electrons. The lowest BCUT2D eigenvalue weighted by atomic mass is 9.84. The number of aliphatic imine (C=N–C) groups is 2. The van der Waals surface area contributed by atoms with E-state index in [4.69, 9.17) is 33.3 Å². The van der Waals surface area contributed by atoms with Gasteiger partial charge < -0.3 is 30.5 Å².